The van der Waals surface area contributed by atoms with E-state index in [0.717, 1.165) is 18.2 Å². The van der Waals surface area contributed by atoms with Gasteiger partial charge in [-0.15, -0.1) is 0 Å². The molecule has 2 unspecified atom stereocenters. The molecule has 1 aliphatic carbocycles. The van der Waals surface area contributed by atoms with Gasteiger partial charge in [-0.05, 0) is 26.0 Å². The maximum Gasteiger partial charge on any atom is 0.311 e. The van der Waals surface area contributed by atoms with Crippen molar-refractivity contribution in [1.29, 1.82) is 5.26 Å². The summed E-state index contributed by atoms with van der Waals surface area (Å²) < 4.78 is 18.7. The minimum atomic E-state index is -0.674. The van der Waals surface area contributed by atoms with Crippen LogP contribution < -0.4 is 10.1 Å². The topological polar surface area (TPSA) is 88.2 Å². The summed E-state index contributed by atoms with van der Waals surface area (Å²) in [6.07, 6.45) is 1.24. The van der Waals surface area contributed by atoms with Crippen LogP contribution in [0.2, 0.25) is 0 Å². The first-order valence-electron chi connectivity index (χ1n) is 6.20. The molecule has 0 spiro atoms. The Hall–Kier alpha value is -2.20. The maximum atomic E-state index is 13.2. The number of nitro benzene ring substituents is 1. The molecule has 7 heteroatoms. The van der Waals surface area contributed by atoms with Gasteiger partial charge in [0.2, 0.25) is 0 Å². The molecule has 1 fully saturated rings. The van der Waals surface area contributed by atoms with Crippen molar-refractivity contribution in [3.05, 3.63) is 34.1 Å². The normalized spacial score (nSPS) is 25.1. The Bertz CT molecular complexity index is 572. The van der Waals surface area contributed by atoms with Crippen molar-refractivity contribution in [2.24, 2.45) is 0 Å². The van der Waals surface area contributed by atoms with Crippen LogP contribution in [0.1, 0.15) is 19.3 Å². The minimum absolute atomic E-state index is 0.0927. The van der Waals surface area contributed by atoms with Crippen molar-refractivity contribution in [2.45, 2.75) is 30.9 Å². The van der Waals surface area contributed by atoms with Gasteiger partial charge in [0.15, 0.2) is 5.75 Å². The van der Waals surface area contributed by atoms with Crippen LogP contribution in [0.5, 0.6) is 5.75 Å². The predicted octanol–water partition coefficient (Wildman–Crippen LogP) is 2.15. The molecule has 1 saturated carbocycles. The second-order valence-electron chi connectivity index (χ2n) is 4.80. The quantitative estimate of drug-likeness (QED) is 0.674. The summed E-state index contributed by atoms with van der Waals surface area (Å²) in [6, 6.07) is 5.30. The standard InChI is InChI=1S/C13H14FN3O3/c1-16-13(8-15)5-4-10(7-13)20-12-6-9(14)2-3-11(12)17(18)19/h2-3,6,10,16H,4-5,7H2,1H3. The molecule has 0 heterocycles. The van der Waals surface area contributed by atoms with Crippen molar-refractivity contribution in [3.8, 4) is 11.8 Å². The Morgan fingerprint density at radius 2 is 2.40 bits per heavy atom. The van der Waals surface area contributed by atoms with Gasteiger partial charge in [0.25, 0.3) is 0 Å². The van der Waals surface area contributed by atoms with Crippen molar-refractivity contribution in [3.63, 3.8) is 0 Å². The summed E-state index contributed by atoms with van der Waals surface area (Å²) in [7, 11) is 1.69. The molecule has 1 aliphatic rings. The number of ether oxygens (including phenoxy) is 1. The summed E-state index contributed by atoms with van der Waals surface area (Å²) in [5, 5.41) is 23.0. The Morgan fingerprint density at radius 1 is 1.65 bits per heavy atom. The fourth-order valence-electron chi connectivity index (χ4n) is 2.40. The molecular weight excluding hydrogens is 265 g/mol. The van der Waals surface area contributed by atoms with Gasteiger partial charge < -0.3 is 10.1 Å². The van der Waals surface area contributed by atoms with Gasteiger partial charge in [-0.3, -0.25) is 10.1 Å². The molecule has 0 aliphatic heterocycles. The lowest BCUT2D eigenvalue weighted by molar-refractivity contribution is -0.386. The summed E-state index contributed by atoms with van der Waals surface area (Å²) >= 11 is 0. The van der Waals surface area contributed by atoms with Gasteiger partial charge >= 0.3 is 5.69 Å². The predicted molar refractivity (Wildman–Crippen MR) is 68.7 cm³/mol. The van der Waals surface area contributed by atoms with Crippen molar-refractivity contribution >= 4 is 5.69 Å². The number of hydrogen-bond donors (Lipinski definition) is 1. The van der Waals surface area contributed by atoms with Gasteiger partial charge in [-0.2, -0.15) is 5.26 Å². The molecule has 0 radical (unpaired) electrons. The van der Waals surface area contributed by atoms with E-state index in [1.54, 1.807) is 7.05 Å². The highest BCUT2D eigenvalue weighted by Gasteiger charge is 2.40. The summed E-state index contributed by atoms with van der Waals surface area (Å²) in [6.45, 7) is 0. The van der Waals surface area contributed by atoms with Crippen LogP contribution in [0.15, 0.2) is 18.2 Å². The van der Waals surface area contributed by atoms with Crippen molar-refractivity contribution < 1.29 is 14.1 Å². The lowest BCUT2D eigenvalue weighted by atomic mass is 10.0. The Morgan fingerprint density at radius 3 is 2.95 bits per heavy atom. The molecule has 0 amide bonds. The third-order valence-corrected chi connectivity index (χ3v) is 3.57. The van der Waals surface area contributed by atoms with E-state index in [9.17, 15) is 14.5 Å². The van der Waals surface area contributed by atoms with Gasteiger partial charge in [0, 0.05) is 18.6 Å². The monoisotopic (exact) mass is 279 g/mol. The van der Waals surface area contributed by atoms with Crippen LogP contribution in [0.25, 0.3) is 0 Å². The Balaban J connectivity index is 2.18. The first kappa shape index (κ1) is 14.2. The maximum absolute atomic E-state index is 13.2. The van der Waals surface area contributed by atoms with E-state index in [-0.39, 0.29) is 17.5 Å². The van der Waals surface area contributed by atoms with Crippen LogP contribution in [0.4, 0.5) is 10.1 Å². The second-order valence-corrected chi connectivity index (χ2v) is 4.80. The van der Waals surface area contributed by atoms with Crippen LogP contribution in [0.3, 0.4) is 0 Å². The molecule has 6 nitrogen and oxygen atoms in total. The minimum Gasteiger partial charge on any atom is -0.483 e. The van der Waals surface area contributed by atoms with Crippen LogP contribution in [-0.2, 0) is 0 Å². The van der Waals surface area contributed by atoms with Crippen molar-refractivity contribution in [1.82, 2.24) is 5.32 Å². The number of hydrogen-bond acceptors (Lipinski definition) is 5. The fraction of sp³-hybridized carbons (Fsp3) is 0.462. The van der Waals surface area contributed by atoms with Crippen LogP contribution in [-0.4, -0.2) is 23.6 Å². The smallest absolute Gasteiger partial charge is 0.311 e. The number of nitro groups is 1. The van der Waals surface area contributed by atoms with E-state index in [4.69, 9.17) is 10.00 Å². The Labute approximate surface area is 115 Å². The molecule has 0 aromatic heterocycles. The fourth-order valence-corrected chi connectivity index (χ4v) is 2.40. The van der Waals surface area contributed by atoms with Crippen LogP contribution in [0, 0.1) is 27.3 Å². The van der Waals surface area contributed by atoms with E-state index in [2.05, 4.69) is 11.4 Å². The second kappa shape index (κ2) is 5.43. The molecule has 2 atom stereocenters. The largest absolute Gasteiger partial charge is 0.483 e. The number of rotatable bonds is 4. The molecule has 1 aromatic rings. The first-order chi connectivity index (χ1) is 9.49. The number of halogens is 1. The zero-order valence-electron chi connectivity index (χ0n) is 10.9. The van der Waals surface area contributed by atoms with E-state index in [1.807, 2.05) is 0 Å². The summed E-state index contributed by atoms with van der Waals surface area (Å²) in [5.41, 5.74) is -0.947. The first-order valence-corrected chi connectivity index (χ1v) is 6.20. The van der Waals surface area contributed by atoms with E-state index in [1.165, 1.54) is 0 Å². The molecule has 0 saturated heterocycles. The zero-order valence-corrected chi connectivity index (χ0v) is 10.9. The van der Waals surface area contributed by atoms with Gasteiger partial charge in [0.1, 0.15) is 17.5 Å². The van der Waals surface area contributed by atoms with Gasteiger partial charge in [0.05, 0.1) is 11.0 Å². The van der Waals surface area contributed by atoms with Crippen molar-refractivity contribution in [2.75, 3.05) is 7.05 Å². The number of nitrogens with one attached hydrogen (secondary N) is 1. The lowest BCUT2D eigenvalue weighted by Gasteiger charge is -2.20. The average molecular weight is 279 g/mol. The molecule has 0 bridgehead atoms. The lowest BCUT2D eigenvalue weighted by Crippen LogP contribution is -2.39. The number of benzene rings is 1. The van der Waals surface area contributed by atoms with Crippen LogP contribution >= 0.6 is 0 Å². The average Bonchev–Trinajstić information content (AvgIpc) is 2.82. The van der Waals surface area contributed by atoms with Gasteiger partial charge in [-0.25, -0.2) is 4.39 Å². The number of nitriles is 1. The molecular formula is C13H14FN3O3. The molecule has 106 valence electrons. The zero-order chi connectivity index (χ0) is 14.8. The highest BCUT2D eigenvalue weighted by molar-refractivity contribution is 5.46. The third-order valence-electron chi connectivity index (χ3n) is 3.57. The SMILES string of the molecule is CNC1(C#N)CCC(Oc2cc(F)ccc2[N+](=O)[O-])C1. The highest BCUT2D eigenvalue weighted by Crippen LogP contribution is 2.35. The van der Waals surface area contributed by atoms with Gasteiger partial charge in [-0.1, -0.05) is 0 Å². The van der Waals surface area contributed by atoms with E-state index < -0.39 is 16.3 Å². The third kappa shape index (κ3) is 2.70. The molecule has 1 aromatic carbocycles. The molecule has 2 rings (SSSR count). The summed E-state index contributed by atoms with van der Waals surface area (Å²) in [5.74, 6) is -0.686. The molecule has 1 N–H and O–H groups in total. The van der Waals surface area contributed by atoms with E-state index in [0.29, 0.717) is 19.3 Å². The van der Waals surface area contributed by atoms with E-state index >= 15 is 0 Å². The Kier molecular flexibility index (Phi) is 3.86. The molecule has 20 heavy (non-hydrogen) atoms. The summed E-state index contributed by atoms with van der Waals surface area (Å²) in [4.78, 5) is 10.3. The number of nitrogens with zero attached hydrogens (tertiary/aromatic N) is 2. The highest BCUT2D eigenvalue weighted by atomic mass is 19.1.